The quantitative estimate of drug-likeness (QED) is 0.228. The summed E-state index contributed by atoms with van der Waals surface area (Å²) < 4.78 is 31.3. The molecule has 0 fully saturated rings. The van der Waals surface area contributed by atoms with E-state index < -0.39 is 10.7 Å². The van der Waals surface area contributed by atoms with Gasteiger partial charge in [-0.2, -0.15) is 0 Å². The molecule has 2 aromatic heterocycles. The number of hydrogen-bond acceptors (Lipinski definition) is 10. The number of rotatable bonds is 7. The third-order valence-corrected chi connectivity index (χ3v) is 5.17. The number of benzene rings is 3. The summed E-state index contributed by atoms with van der Waals surface area (Å²) in [4.78, 5) is 19.1. The molecule has 5 rings (SSSR count). The Morgan fingerprint density at radius 3 is 2.61 bits per heavy atom. The fourth-order valence-corrected chi connectivity index (χ4v) is 3.51. The Morgan fingerprint density at radius 1 is 1.06 bits per heavy atom. The number of nitro benzene ring substituents is 1. The molecule has 1 N–H and O–H groups in total. The lowest BCUT2D eigenvalue weighted by molar-refractivity contribution is -0.385. The van der Waals surface area contributed by atoms with Crippen molar-refractivity contribution in [2.75, 3.05) is 12.4 Å². The number of ether oxygens (including phenoxy) is 2. The van der Waals surface area contributed by atoms with E-state index in [0.29, 0.717) is 34.0 Å². The molecule has 0 amide bonds. The molecule has 0 spiro atoms. The fraction of sp³-hybridized carbons (Fsp3) is 0.0833. The lowest BCUT2D eigenvalue weighted by Gasteiger charge is -2.12. The first-order chi connectivity index (χ1) is 17.4. The number of nitrogens with one attached hydrogen (secondary N) is 1. The molecule has 0 aliphatic rings. The van der Waals surface area contributed by atoms with Crippen molar-refractivity contribution in [1.29, 1.82) is 0 Å². The largest absolute Gasteiger partial charge is 0.490 e. The molecule has 36 heavy (non-hydrogen) atoms. The molecule has 0 bridgehead atoms. The number of methoxy groups -OCH3 is 1. The Morgan fingerprint density at radius 2 is 1.89 bits per heavy atom. The molecule has 0 aliphatic heterocycles. The average Bonchev–Trinajstić information content (AvgIpc) is 3.31. The Kier molecular flexibility index (Phi) is 5.82. The monoisotopic (exact) mass is 488 g/mol. The summed E-state index contributed by atoms with van der Waals surface area (Å²) in [6.07, 6.45) is 1.27. The number of aryl methyl sites for hydroxylation is 1. The number of hydrogen-bond donors (Lipinski definition) is 1. The standard InChI is InChI=1S/C24H17FN6O5/c1-13-29-30-24(35-13)14-4-3-5-15(8-14)36-16-6-7-19(18(25)9-16)28-23-17-10-21(31(32)33)22(34-2)11-20(17)26-12-27-23/h3-12H,1-2H3,(H,26,27,28). The van der Waals surface area contributed by atoms with Gasteiger partial charge in [0.05, 0.1) is 28.6 Å². The highest BCUT2D eigenvalue weighted by Gasteiger charge is 2.19. The van der Waals surface area contributed by atoms with Gasteiger partial charge in [0.15, 0.2) is 5.75 Å². The molecule has 0 saturated carbocycles. The predicted molar refractivity (Wildman–Crippen MR) is 127 cm³/mol. The number of anilines is 2. The Bertz CT molecular complexity index is 1610. The predicted octanol–water partition coefficient (Wildman–Crippen LogP) is 5.58. The highest BCUT2D eigenvalue weighted by molar-refractivity contribution is 5.93. The minimum Gasteiger partial charge on any atom is -0.490 e. The van der Waals surface area contributed by atoms with Crippen molar-refractivity contribution < 1.29 is 23.2 Å². The van der Waals surface area contributed by atoms with Crippen LogP contribution < -0.4 is 14.8 Å². The molecule has 5 aromatic rings. The van der Waals surface area contributed by atoms with Crippen molar-refractivity contribution in [1.82, 2.24) is 20.2 Å². The van der Waals surface area contributed by atoms with Crippen LogP contribution in [0, 0.1) is 22.9 Å². The van der Waals surface area contributed by atoms with E-state index in [2.05, 4.69) is 25.5 Å². The van der Waals surface area contributed by atoms with Crippen molar-refractivity contribution in [2.24, 2.45) is 0 Å². The molecule has 2 heterocycles. The van der Waals surface area contributed by atoms with Gasteiger partial charge in [-0.15, -0.1) is 10.2 Å². The Hall–Kier alpha value is -5.13. The SMILES string of the molecule is COc1cc2ncnc(Nc3ccc(Oc4cccc(-c5nnc(C)o5)c4)cc3F)c2cc1[N+](=O)[O-]. The van der Waals surface area contributed by atoms with E-state index in [0.717, 1.165) is 0 Å². The van der Waals surface area contributed by atoms with Crippen LogP contribution in [0.4, 0.5) is 21.6 Å². The van der Waals surface area contributed by atoms with Crippen LogP contribution in [-0.4, -0.2) is 32.2 Å². The third kappa shape index (κ3) is 4.46. The number of nitrogens with zero attached hydrogens (tertiary/aromatic N) is 5. The topological polar surface area (TPSA) is 138 Å². The number of halogens is 1. The smallest absolute Gasteiger partial charge is 0.311 e. The van der Waals surface area contributed by atoms with E-state index in [1.54, 1.807) is 37.3 Å². The molecular weight excluding hydrogens is 471 g/mol. The van der Waals surface area contributed by atoms with Gasteiger partial charge in [-0.3, -0.25) is 10.1 Å². The molecule has 0 radical (unpaired) electrons. The first kappa shape index (κ1) is 22.7. The lowest BCUT2D eigenvalue weighted by Crippen LogP contribution is -2.00. The third-order valence-electron chi connectivity index (χ3n) is 5.17. The highest BCUT2D eigenvalue weighted by Crippen LogP contribution is 2.35. The van der Waals surface area contributed by atoms with E-state index in [1.165, 1.54) is 37.7 Å². The fourth-order valence-electron chi connectivity index (χ4n) is 3.51. The van der Waals surface area contributed by atoms with Crippen LogP contribution in [-0.2, 0) is 0 Å². The van der Waals surface area contributed by atoms with Crippen LogP contribution in [0.15, 0.2) is 65.3 Å². The van der Waals surface area contributed by atoms with Gasteiger partial charge >= 0.3 is 5.69 Å². The summed E-state index contributed by atoms with van der Waals surface area (Å²) in [6.45, 7) is 1.69. The normalized spacial score (nSPS) is 10.9. The summed E-state index contributed by atoms with van der Waals surface area (Å²) in [5.41, 5.74) is 0.890. The molecule has 0 unspecified atom stereocenters. The van der Waals surface area contributed by atoms with Crippen molar-refractivity contribution in [3.8, 4) is 28.7 Å². The molecule has 180 valence electrons. The van der Waals surface area contributed by atoms with E-state index in [4.69, 9.17) is 13.9 Å². The van der Waals surface area contributed by atoms with Crippen molar-refractivity contribution in [3.05, 3.63) is 82.7 Å². The molecule has 11 nitrogen and oxygen atoms in total. The van der Waals surface area contributed by atoms with Crippen LogP contribution in [0.1, 0.15) is 5.89 Å². The maximum Gasteiger partial charge on any atom is 0.311 e. The summed E-state index contributed by atoms with van der Waals surface area (Å²) in [5.74, 6) is 1.12. The highest BCUT2D eigenvalue weighted by atomic mass is 19.1. The van der Waals surface area contributed by atoms with Gasteiger partial charge in [0.1, 0.15) is 29.5 Å². The number of fused-ring (bicyclic) bond motifs is 1. The number of aromatic nitrogens is 4. The minimum absolute atomic E-state index is 0.0585. The van der Waals surface area contributed by atoms with Crippen molar-refractivity contribution in [2.45, 2.75) is 6.92 Å². The van der Waals surface area contributed by atoms with Crippen LogP contribution in [0.25, 0.3) is 22.4 Å². The van der Waals surface area contributed by atoms with E-state index in [1.807, 2.05) is 0 Å². The van der Waals surface area contributed by atoms with Gasteiger partial charge in [-0.1, -0.05) is 6.07 Å². The molecule has 0 aliphatic carbocycles. The van der Waals surface area contributed by atoms with Gasteiger partial charge in [0, 0.05) is 30.7 Å². The summed E-state index contributed by atoms with van der Waals surface area (Å²) in [6, 6.07) is 13.9. The zero-order valence-corrected chi connectivity index (χ0v) is 18.9. The minimum atomic E-state index is -0.619. The van der Waals surface area contributed by atoms with Crippen molar-refractivity contribution in [3.63, 3.8) is 0 Å². The van der Waals surface area contributed by atoms with E-state index in [-0.39, 0.29) is 28.7 Å². The maximum atomic E-state index is 15.0. The molecule has 0 saturated heterocycles. The van der Waals surface area contributed by atoms with Gasteiger partial charge < -0.3 is 19.2 Å². The Balaban J connectivity index is 1.40. The molecule has 0 atom stereocenters. The van der Waals surface area contributed by atoms with Gasteiger partial charge in [-0.05, 0) is 30.3 Å². The lowest BCUT2D eigenvalue weighted by atomic mass is 10.2. The van der Waals surface area contributed by atoms with Gasteiger partial charge in [0.25, 0.3) is 0 Å². The van der Waals surface area contributed by atoms with Crippen LogP contribution in [0.2, 0.25) is 0 Å². The first-order valence-corrected chi connectivity index (χ1v) is 10.5. The second-order valence-electron chi connectivity index (χ2n) is 7.54. The summed E-state index contributed by atoms with van der Waals surface area (Å²) in [5, 5.41) is 22.4. The van der Waals surface area contributed by atoms with Gasteiger partial charge in [0.2, 0.25) is 11.8 Å². The molecule has 12 heteroatoms. The van der Waals surface area contributed by atoms with E-state index in [9.17, 15) is 14.5 Å². The van der Waals surface area contributed by atoms with Crippen molar-refractivity contribution >= 4 is 28.1 Å². The summed E-state index contributed by atoms with van der Waals surface area (Å²) in [7, 11) is 1.33. The zero-order chi connectivity index (χ0) is 25.2. The Labute approximate surface area is 202 Å². The molecule has 3 aromatic carbocycles. The first-order valence-electron chi connectivity index (χ1n) is 10.5. The van der Waals surface area contributed by atoms with Crippen LogP contribution >= 0.6 is 0 Å². The van der Waals surface area contributed by atoms with Crippen LogP contribution in [0.5, 0.6) is 17.2 Å². The van der Waals surface area contributed by atoms with Gasteiger partial charge in [-0.25, -0.2) is 14.4 Å². The number of nitro groups is 1. The average molecular weight is 488 g/mol. The summed E-state index contributed by atoms with van der Waals surface area (Å²) >= 11 is 0. The second-order valence-corrected chi connectivity index (χ2v) is 7.54. The maximum absolute atomic E-state index is 15.0. The van der Waals surface area contributed by atoms with Crippen LogP contribution in [0.3, 0.4) is 0 Å². The zero-order valence-electron chi connectivity index (χ0n) is 18.9. The molecular formula is C24H17FN6O5. The van der Waals surface area contributed by atoms with E-state index >= 15 is 0 Å². The second kappa shape index (κ2) is 9.25.